The van der Waals surface area contributed by atoms with E-state index in [1.54, 1.807) is 24.3 Å². The Balaban J connectivity index is 1.90. The maximum Gasteiger partial charge on any atom is 0.264 e. The summed E-state index contributed by atoms with van der Waals surface area (Å²) in [5.74, 6) is -0.643. The number of likely N-dealkylation sites (N-methyl/N-ethyl adjacent to an activating group) is 1. The van der Waals surface area contributed by atoms with E-state index in [4.69, 9.17) is 97.4 Å². The molecule has 1 aromatic carbocycles. The zero-order valence-corrected chi connectivity index (χ0v) is 26.9. The van der Waals surface area contributed by atoms with Crippen LogP contribution in [0.1, 0.15) is 37.2 Å². The first-order valence-corrected chi connectivity index (χ1v) is 15.9. The number of unbranched alkanes of at least 4 members (excludes halogenated alkanes) is 1. The first-order chi connectivity index (χ1) is 18.0. The first-order valence-electron chi connectivity index (χ1n) is 11.2. The number of rotatable bonds is 9. The number of allylic oxidation sites excluding steroid dienone is 2. The molecule has 1 aliphatic heterocycles. The fraction of sp³-hybridized carbons (Fsp3) is 0.409. The number of anilines is 2. The van der Waals surface area contributed by atoms with E-state index in [1.165, 1.54) is 6.08 Å². The number of benzene rings is 1. The van der Waals surface area contributed by atoms with Crippen LogP contribution >= 0.6 is 92.8 Å². The molecule has 0 bridgehead atoms. The molecule has 39 heavy (non-hydrogen) atoms. The molecule has 1 atom stereocenters. The normalized spacial score (nSPS) is 16.6. The highest BCUT2D eigenvalue weighted by atomic mass is 35.6. The van der Waals surface area contributed by atoms with Crippen molar-refractivity contribution in [1.82, 2.24) is 15.0 Å². The Kier molecular flexibility index (Phi) is 11.2. The van der Waals surface area contributed by atoms with E-state index in [9.17, 15) is 8.42 Å². The molecule has 8 nitrogen and oxygen atoms in total. The summed E-state index contributed by atoms with van der Waals surface area (Å²) in [4.78, 5) is 16.3. The van der Waals surface area contributed by atoms with Crippen LogP contribution in [0, 0.1) is 0 Å². The second-order valence-electron chi connectivity index (χ2n) is 8.22. The smallest absolute Gasteiger partial charge is 0.264 e. The third-order valence-electron chi connectivity index (χ3n) is 5.47. The summed E-state index contributed by atoms with van der Waals surface area (Å²) in [5.41, 5.74) is 1.71. The summed E-state index contributed by atoms with van der Waals surface area (Å²) >= 11 is 48.2. The SMILES string of the molecule is CCN1c2cc(Cl)c(Cl)cc2N(CCCCS(=O)(=O)O)C1C=CC=Cc1nc(C(Cl)(Cl)Cl)nc(C(Cl)(Cl)Cl)n1. The van der Waals surface area contributed by atoms with Gasteiger partial charge in [-0.2, -0.15) is 8.42 Å². The topological polar surface area (TPSA) is 99.5 Å². The number of fused-ring (bicyclic) bond motifs is 1. The Morgan fingerprint density at radius 3 is 1.92 bits per heavy atom. The molecule has 214 valence electrons. The molecular weight excluding hydrogens is 698 g/mol. The van der Waals surface area contributed by atoms with E-state index in [0.717, 1.165) is 11.4 Å². The predicted molar refractivity (Wildman–Crippen MR) is 163 cm³/mol. The quantitative estimate of drug-likeness (QED) is 0.122. The van der Waals surface area contributed by atoms with Crippen LogP contribution in [0.3, 0.4) is 0 Å². The van der Waals surface area contributed by atoms with Crippen molar-refractivity contribution in [2.24, 2.45) is 0 Å². The van der Waals surface area contributed by atoms with Crippen LogP contribution in [0.2, 0.25) is 10.0 Å². The molecule has 0 saturated carbocycles. The van der Waals surface area contributed by atoms with Gasteiger partial charge in [0, 0.05) is 13.1 Å². The Hall–Kier alpha value is -0.460. The van der Waals surface area contributed by atoms with Crippen LogP contribution < -0.4 is 9.80 Å². The van der Waals surface area contributed by atoms with Gasteiger partial charge in [-0.05, 0) is 44.1 Å². The second-order valence-corrected chi connectivity index (χ2v) is 15.2. The fourth-order valence-electron chi connectivity index (χ4n) is 3.85. The van der Waals surface area contributed by atoms with Crippen molar-refractivity contribution in [3.05, 3.63) is 57.9 Å². The third-order valence-corrected chi connectivity index (χ3v) is 8.01. The van der Waals surface area contributed by atoms with Crippen LogP contribution in [0.4, 0.5) is 11.4 Å². The standard InChI is InChI=1S/C22H21Cl8N5O3S/c1-2-34-15-11-13(23)14(24)12-16(15)35(9-5-6-10-39(36,37)38)18(34)8-4-3-7-17-31-19(21(25,26)27)33-20(32-17)22(28,29)30/h3-4,7-8,11-12,18H,2,5-6,9-10H2,1H3,(H,36,37,38). The number of aromatic nitrogens is 3. The lowest BCUT2D eigenvalue weighted by Gasteiger charge is -2.30. The van der Waals surface area contributed by atoms with Crippen molar-refractivity contribution in [3.8, 4) is 0 Å². The van der Waals surface area contributed by atoms with Gasteiger partial charge in [0.05, 0.1) is 27.2 Å². The Morgan fingerprint density at radius 2 is 1.44 bits per heavy atom. The summed E-state index contributed by atoms with van der Waals surface area (Å²) in [7, 11) is -4.05. The van der Waals surface area contributed by atoms with Gasteiger partial charge < -0.3 is 9.80 Å². The van der Waals surface area contributed by atoms with E-state index in [1.807, 2.05) is 13.0 Å². The van der Waals surface area contributed by atoms with Gasteiger partial charge in [-0.15, -0.1) is 0 Å². The van der Waals surface area contributed by atoms with Gasteiger partial charge in [-0.3, -0.25) is 4.55 Å². The van der Waals surface area contributed by atoms with Crippen LogP contribution in [0.5, 0.6) is 0 Å². The molecule has 0 spiro atoms. The average molecular weight is 719 g/mol. The highest BCUT2D eigenvalue weighted by Crippen LogP contribution is 2.44. The summed E-state index contributed by atoms with van der Waals surface area (Å²) in [6.07, 6.45) is 7.39. The predicted octanol–water partition coefficient (Wildman–Crippen LogP) is 7.74. The summed E-state index contributed by atoms with van der Waals surface area (Å²) in [6.45, 7) is 3.12. The third kappa shape index (κ3) is 9.01. The lowest BCUT2D eigenvalue weighted by atomic mass is 10.2. The van der Waals surface area contributed by atoms with Gasteiger partial charge in [0.2, 0.25) is 7.59 Å². The lowest BCUT2D eigenvalue weighted by Crippen LogP contribution is -2.42. The molecule has 1 unspecified atom stereocenters. The number of halogens is 8. The molecule has 3 rings (SSSR count). The molecule has 0 amide bonds. The van der Waals surface area contributed by atoms with Crippen LogP contribution in [0.15, 0.2) is 30.4 Å². The summed E-state index contributed by atoms with van der Waals surface area (Å²) in [5, 5.41) is 0.803. The molecule has 17 heteroatoms. The summed E-state index contributed by atoms with van der Waals surface area (Å²) in [6, 6.07) is 3.56. The zero-order valence-electron chi connectivity index (χ0n) is 20.0. The Morgan fingerprint density at radius 1 is 0.897 bits per heavy atom. The Labute approximate surface area is 266 Å². The minimum Gasteiger partial charge on any atom is -0.346 e. The lowest BCUT2D eigenvalue weighted by molar-refractivity contribution is 0.480. The van der Waals surface area contributed by atoms with E-state index in [0.29, 0.717) is 29.6 Å². The highest BCUT2D eigenvalue weighted by molar-refractivity contribution is 7.85. The van der Waals surface area contributed by atoms with Crippen LogP contribution in [0.25, 0.3) is 6.08 Å². The minimum atomic E-state index is -4.05. The number of nitrogens with zero attached hydrogens (tertiary/aromatic N) is 5. The van der Waals surface area contributed by atoms with Crippen LogP contribution in [-0.2, 0) is 17.7 Å². The fourth-order valence-corrected chi connectivity index (χ4v) is 5.24. The van der Waals surface area contributed by atoms with Crippen molar-refractivity contribution in [2.45, 2.75) is 33.5 Å². The zero-order chi connectivity index (χ0) is 29.2. The van der Waals surface area contributed by atoms with Gasteiger partial charge in [-0.1, -0.05) is 105 Å². The van der Waals surface area contributed by atoms with Gasteiger partial charge in [0.25, 0.3) is 10.1 Å². The minimum absolute atomic E-state index is 0.0972. The monoisotopic (exact) mass is 715 g/mol. The average Bonchev–Trinajstić information content (AvgIpc) is 3.09. The molecule has 0 radical (unpaired) electrons. The molecule has 1 aromatic heterocycles. The molecule has 0 aliphatic carbocycles. The van der Waals surface area contributed by atoms with E-state index in [-0.39, 0.29) is 35.8 Å². The van der Waals surface area contributed by atoms with E-state index < -0.39 is 17.7 Å². The highest BCUT2D eigenvalue weighted by Gasteiger charge is 2.35. The van der Waals surface area contributed by atoms with Crippen molar-refractivity contribution >= 4 is 120 Å². The van der Waals surface area contributed by atoms with E-state index >= 15 is 0 Å². The number of hydrogen-bond acceptors (Lipinski definition) is 7. The molecule has 1 aliphatic rings. The maximum absolute atomic E-state index is 11.1. The van der Waals surface area contributed by atoms with E-state index in [2.05, 4.69) is 24.8 Å². The van der Waals surface area contributed by atoms with Crippen molar-refractivity contribution < 1.29 is 13.0 Å². The molecular formula is C22H21Cl8N5O3S. The van der Waals surface area contributed by atoms with Gasteiger partial charge in [0.15, 0.2) is 17.5 Å². The van der Waals surface area contributed by atoms with Crippen molar-refractivity contribution in [1.29, 1.82) is 0 Å². The second kappa shape index (κ2) is 13.2. The Bertz CT molecular complexity index is 1330. The van der Waals surface area contributed by atoms with Gasteiger partial charge >= 0.3 is 0 Å². The van der Waals surface area contributed by atoms with Crippen LogP contribution in [-0.4, -0.2) is 52.9 Å². The molecule has 0 saturated heterocycles. The maximum atomic E-state index is 11.1. The van der Waals surface area contributed by atoms with Gasteiger partial charge in [-0.25, -0.2) is 15.0 Å². The molecule has 0 fully saturated rings. The summed E-state index contributed by atoms with van der Waals surface area (Å²) < 4.78 is 27.4. The first kappa shape index (κ1) is 33.0. The number of hydrogen-bond donors (Lipinski definition) is 1. The van der Waals surface area contributed by atoms with Crippen molar-refractivity contribution in [2.75, 3.05) is 28.6 Å². The van der Waals surface area contributed by atoms with Gasteiger partial charge in [0.1, 0.15) is 6.17 Å². The number of alkyl halides is 6. The largest absolute Gasteiger partial charge is 0.346 e. The molecule has 1 N–H and O–H groups in total. The molecule has 2 heterocycles. The van der Waals surface area contributed by atoms with Crippen molar-refractivity contribution in [3.63, 3.8) is 0 Å². The molecule has 2 aromatic rings.